The second kappa shape index (κ2) is 31.7. The van der Waals surface area contributed by atoms with Gasteiger partial charge in [-0.2, -0.15) is 0 Å². The van der Waals surface area contributed by atoms with Crippen molar-refractivity contribution in [2.45, 2.75) is 156 Å². The van der Waals surface area contributed by atoms with Gasteiger partial charge in [0.15, 0.2) is 5.78 Å². The van der Waals surface area contributed by atoms with Crippen LogP contribution in [-0.2, 0) is 14.4 Å². The Balaban J connectivity index is 4.30. The highest BCUT2D eigenvalue weighted by atomic mass is 16.2. The maximum absolute atomic E-state index is 13.0. The summed E-state index contributed by atoms with van der Waals surface area (Å²) < 4.78 is 0. The van der Waals surface area contributed by atoms with Crippen LogP contribution in [0, 0.1) is 5.92 Å². The van der Waals surface area contributed by atoms with Gasteiger partial charge in [-0.15, -0.1) is 0 Å². The summed E-state index contributed by atoms with van der Waals surface area (Å²) in [6.45, 7) is 5.91. The zero-order valence-corrected chi connectivity index (χ0v) is 28.6. The van der Waals surface area contributed by atoms with Gasteiger partial charge in [0.05, 0.1) is 5.92 Å². The minimum Gasteiger partial charge on any atom is -0.366 e. The smallest absolute Gasteiger partial charge is 0.244 e. The highest BCUT2D eigenvalue weighted by Gasteiger charge is 2.24. The second-order valence-electron chi connectivity index (χ2n) is 11.9. The lowest BCUT2D eigenvalue weighted by Crippen LogP contribution is -2.24. The number of Topliss-reactive ketones (excluding diaryl/α,β-unsaturated/α-hetero) is 1. The molecule has 0 aromatic rings. The van der Waals surface area contributed by atoms with Gasteiger partial charge in [-0.3, -0.25) is 14.4 Å². The van der Waals surface area contributed by atoms with E-state index in [1.807, 2.05) is 0 Å². The first-order valence-electron chi connectivity index (χ1n) is 17.7. The molecular weight excluding hydrogens is 542 g/mol. The Kier molecular flexibility index (Phi) is 29.7. The average molecular weight is 608 g/mol. The van der Waals surface area contributed by atoms with Crippen molar-refractivity contribution < 1.29 is 14.4 Å². The van der Waals surface area contributed by atoms with Crippen molar-refractivity contribution in [2.24, 2.45) is 11.7 Å². The van der Waals surface area contributed by atoms with Gasteiger partial charge in [-0.1, -0.05) is 126 Å². The van der Waals surface area contributed by atoms with Crippen molar-refractivity contribution in [3.05, 3.63) is 72.4 Å². The number of carbonyl (C=O) groups excluding carboxylic acids is 3. The number of carbonyl (C=O) groups is 3. The third-order valence-electron chi connectivity index (χ3n) is 7.75. The van der Waals surface area contributed by atoms with Gasteiger partial charge in [0.2, 0.25) is 5.91 Å². The van der Waals surface area contributed by atoms with Crippen LogP contribution in [0.3, 0.4) is 0 Å². The first-order valence-corrected chi connectivity index (χ1v) is 17.7. The van der Waals surface area contributed by atoms with Crippen molar-refractivity contribution in [3.8, 4) is 0 Å². The Hall–Kier alpha value is -2.75. The highest BCUT2D eigenvalue weighted by molar-refractivity contribution is 6.10. The van der Waals surface area contributed by atoms with Crippen LogP contribution in [-0.4, -0.2) is 17.5 Å². The van der Waals surface area contributed by atoms with Gasteiger partial charge in [-0.05, 0) is 90.0 Å². The fourth-order valence-electron chi connectivity index (χ4n) is 4.92. The lowest BCUT2D eigenvalue weighted by Gasteiger charge is -2.13. The summed E-state index contributed by atoms with van der Waals surface area (Å²) in [7, 11) is 0. The molecule has 0 spiro atoms. The first-order chi connectivity index (χ1) is 21.4. The number of nitrogens with two attached hydrogens (primary N) is 1. The number of rotatable bonds is 30. The molecule has 1 unspecified atom stereocenters. The van der Waals surface area contributed by atoms with Crippen LogP contribution in [0.1, 0.15) is 156 Å². The predicted molar refractivity (Wildman–Crippen MR) is 190 cm³/mol. The maximum atomic E-state index is 13.0. The summed E-state index contributed by atoms with van der Waals surface area (Å²) in [5.74, 6) is -1.53. The lowest BCUT2D eigenvalue weighted by atomic mass is 9.88. The van der Waals surface area contributed by atoms with Crippen LogP contribution in [0.2, 0.25) is 0 Å². The molecule has 0 aliphatic rings. The molecule has 0 bridgehead atoms. The summed E-state index contributed by atoms with van der Waals surface area (Å²) in [6.07, 6.45) is 45.2. The summed E-state index contributed by atoms with van der Waals surface area (Å²) in [6, 6.07) is 0. The third kappa shape index (κ3) is 26.8. The van der Waals surface area contributed by atoms with Gasteiger partial charge >= 0.3 is 0 Å². The molecular formula is C40H65NO3. The van der Waals surface area contributed by atoms with Gasteiger partial charge in [0.1, 0.15) is 5.78 Å². The highest BCUT2D eigenvalue weighted by Crippen LogP contribution is 2.19. The van der Waals surface area contributed by atoms with Crippen LogP contribution >= 0.6 is 0 Å². The minimum atomic E-state index is -0.658. The van der Waals surface area contributed by atoms with Gasteiger partial charge < -0.3 is 5.73 Å². The monoisotopic (exact) mass is 607 g/mol. The Morgan fingerprint density at radius 3 is 1.55 bits per heavy atom. The molecule has 4 nitrogen and oxygen atoms in total. The molecule has 4 heteroatoms. The van der Waals surface area contributed by atoms with Gasteiger partial charge in [-0.25, -0.2) is 0 Å². The summed E-state index contributed by atoms with van der Waals surface area (Å²) >= 11 is 0. The predicted octanol–water partition coefficient (Wildman–Crippen LogP) is 11.2. The average Bonchev–Trinajstić information content (AvgIpc) is 3.00. The second-order valence-corrected chi connectivity index (χ2v) is 11.9. The number of hydrogen-bond acceptors (Lipinski definition) is 3. The van der Waals surface area contributed by atoms with Crippen molar-refractivity contribution in [3.63, 3.8) is 0 Å². The van der Waals surface area contributed by atoms with E-state index < -0.39 is 11.8 Å². The molecule has 0 saturated heterocycles. The molecule has 0 aliphatic carbocycles. The van der Waals surface area contributed by atoms with Gasteiger partial charge in [0, 0.05) is 12.0 Å². The first kappa shape index (κ1) is 41.2. The fourth-order valence-corrected chi connectivity index (χ4v) is 4.92. The van der Waals surface area contributed by atoms with Crippen LogP contribution in [0.15, 0.2) is 72.4 Å². The summed E-state index contributed by atoms with van der Waals surface area (Å²) in [4.78, 5) is 37.4. The van der Waals surface area contributed by atoms with Crippen molar-refractivity contribution in [1.29, 1.82) is 0 Å². The summed E-state index contributed by atoms with van der Waals surface area (Å²) in [5.41, 5.74) is 5.54. The number of allylic oxidation sites excluding steroid dienone is 11. The Labute approximate surface area is 271 Å². The lowest BCUT2D eigenvalue weighted by molar-refractivity contribution is -0.131. The molecule has 0 saturated carbocycles. The largest absolute Gasteiger partial charge is 0.366 e. The number of ketones is 2. The Morgan fingerprint density at radius 1 is 0.568 bits per heavy atom. The Bertz CT molecular complexity index is 919. The third-order valence-corrected chi connectivity index (χ3v) is 7.75. The molecule has 2 N–H and O–H groups in total. The van der Waals surface area contributed by atoms with E-state index in [1.54, 1.807) is 0 Å². The molecule has 1 amide bonds. The number of unbranched alkanes of at least 4 members (excludes halogenated alkanes) is 12. The van der Waals surface area contributed by atoms with Crippen LogP contribution in [0.25, 0.3) is 0 Å². The molecule has 0 rings (SSSR count). The molecule has 0 radical (unpaired) electrons. The maximum Gasteiger partial charge on any atom is 0.244 e. The molecule has 0 aliphatic heterocycles. The quantitative estimate of drug-likeness (QED) is 0.0382. The number of primary amides is 1. The van der Waals surface area contributed by atoms with Crippen LogP contribution < -0.4 is 5.73 Å². The van der Waals surface area contributed by atoms with Crippen molar-refractivity contribution in [2.75, 3.05) is 0 Å². The summed E-state index contributed by atoms with van der Waals surface area (Å²) in [5, 5.41) is 0. The zero-order valence-electron chi connectivity index (χ0n) is 28.6. The topological polar surface area (TPSA) is 77.2 Å². The van der Waals surface area contributed by atoms with Crippen LogP contribution in [0.5, 0.6) is 0 Å². The van der Waals surface area contributed by atoms with Gasteiger partial charge in [0.25, 0.3) is 0 Å². The van der Waals surface area contributed by atoms with E-state index in [9.17, 15) is 14.4 Å². The number of amides is 1. The number of hydrogen-bond donors (Lipinski definition) is 1. The van der Waals surface area contributed by atoms with E-state index in [4.69, 9.17) is 5.73 Å². The van der Waals surface area contributed by atoms with E-state index in [0.29, 0.717) is 12.8 Å². The zero-order chi connectivity index (χ0) is 32.5. The van der Waals surface area contributed by atoms with E-state index in [1.165, 1.54) is 45.1 Å². The molecule has 1 atom stereocenters. The molecule has 44 heavy (non-hydrogen) atoms. The standard InChI is InChI=1S/C40H65NO3/c1-4-6-8-10-12-14-16-18-20-22-24-26-28-30-32-34-38(42)37(39(43)35-36(3)40(41)44)33-31-29-27-25-23-21-19-17-15-13-11-9-7-5-2/h7,9,12-15,18-21,35,37H,4-6,8,10-11,16-17,22-34H2,1-3H3,(H2,41,44)/b9-7-,14-12-,15-13-,20-18-,21-19-,36-35+. The minimum absolute atomic E-state index is 0.00961. The van der Waals surface area contributed by atoms with E-state index in [2.05, 4.69) is 74.6 Å². The van der Waals surface area contributed by atoms with E-state index >= 15 is 0 Å². The molecule has 248 valence electrons. The van der Waals surface area contributed by atoms with Crippen molar-refractivity contribution in [1.82, 2.24) is 0 Å². The SMILES string of the molecule is CC/C=C\C/C=C\C/C=C\CCCCCCC(C(=O)/C=C(\C)C(N)=O)C(=O)CCCCCCC/C=C\C/C=C\CCCCC. The molecule has 0 aromatic carbocycles. The van der Waals surface area contributed by atoms with E-state index in [-0.39, 0.29) is 17.1 Å². The van der Waals surface area contributed by atoms with Crippen molar-refractivity contribution >= 4 is 17.5 Å². The van der Waals surface area contributed by atoms with Crippen LogP contribution in [0.4, 0.5) is 0 Å². The Morgan fingerprint density at radius 2 is 1.02 bits per heavy atom. The molecule has 0 aromatic heterocycles. The molecule has 0 fully saturated rings. The fraction of sp³-hybridized carbons (Fsp3) is 0.625. The van der Waals surface area contributed by atoms with E-state index in [0.717, 1.165) is 89.9 Å². The normalized spacial score (nSPS) is 13.4. The molecule has 0 heterocycles.